The van der Waals surface area contributed by atoms with Crippen molar-refractivity contribution in [2.24, 2.45) is 0 Å². The Kier molecular flexibility index (Phi) is 6.39. The van der Waals surface area contributed by atoms with E-state index in [9.17, 15) is 0 Å². The molecule has 1 unspecified atom stereocenters. The zero-order valence-electron chi connectivity index (χ0n) is 20.8. The lowest BCUT2D eigenvalue weighted by molar-refractivity contribution is 0.196. The molecule has 1 saturated heterocycles. The van der Waals surface area contributed by atoms with E-state index in [2.05, 4.69) is 133 Å². The quantitative estimate of drug-likeness (QED) is 0.270. The molecule has 6 rings (SSSR count). The minimum Gasteiger partial charge on any atom is -0.403 e. The summed E-state index contributed by atoms with van der Waals surface area (Å²) in [5.41, 5.74) is 8.06. The molecule has 0 aromatic heterocycles. The molecule has 2 nitrogen and oxygen atoms in total. The van der Waals surface area contributed by atoms with Crippen LogP contribution in [0.2, 0.25) is 6.04 Å². The third-order valence-electron chi connectivity index (χ3n) is 7.90. The average molecular weight is 514 g/mol. The fraction of sp³-hybridized carbons (Fsp3) is 0.0909. The molecule has 1 atom stereocenters. The van der Waals surface area contributed by atoms with E-state index in [1.807, 2.05) is 12.1 Å². The van der Waals surface area contributed by atoms with E-state index in [1.165, 1.54) is 26.3 Å². The highest BCUT2D eigenvalue weighted by Crippen LogP contribution is 2.40. The second kappa shape index (κ2) is 9.98. The standard InChI is InChI=1S/C33H31NOSi2/c34-28-23-21-27(22-24-28)33-25-26-36(29-13-5-1-6-14-29,30-15-7-2-8-16-30)37(35-33,31-17-9-3-10-18-31)32-19-11-4-12-20-32/h1-24,33H,25-26,34H2. The zero-order chi connectivity index (χ0) is 25.1. The minimum absolute atomic E-state index is 0.0146. The molecule has 0 amide bonds. The third-order valence-corrected chi connectivity index (χ3v) is 23.9. The van der Waals surface area contributed by atoms with Gasteiger partial charge in [-0.25, -0.2) is 0 Å². The molecule has 0 spiro atoms. The molecule has 0 saturated carbocycles. The molecular weight excluding hydrogens is 483 g/mol. The molecule has 1 heterocycles. The van der Waals surface area contributed by atoms with Crippen molar-refractivity contribution in [1.82, 2.24) is 0 Å². The van der Waals surface area contributed by atoms with Crippen LogP contribution in [0.5, 0.6) is 0 Å². The highest BCUT2D eigenvalue weighted by molar-refractivity contribution is 7.57. The Bertz CT molecular complexity index is 1360. The molecule has 5 aromatic carbocycles. The van der Waals surface area contributed by atoms with E-state index in [-0.39, 0.29) is 6.10 Å². The summed E-state index contributed by atoms with van der Waals surface area (Å²) in [7, 11) is -5.34. The number of hydrogen-bond donors (Lipinski definition) is 1. The van der Waals surface area contributed by atoms with Gasteiger partial charge >= 0.3 is 0 Å². The largest absolute Gasteiger partial charge is 0.403 e. The van der Waals surface area contributed by atoms with E-state index in [0.717, 1.165) is 18.2 Å². The van der Waals surface area contributed by atoms with Gasteiger partial charge in [-0.3, -0.25) is 0 Å². The van der Waals surface area contributed by atoms with Crippen LogP contribution < -0.4 is 26.5 Å². The van der Waals surface area contributed by atoms with Crippen LogP contribution >= 0.6 is 0 Å². The van der Waals surface area contributed by atoms with Gasteiger partial charge in [0, 0.05) is 5.69 Å². The number of nitrogen functional groups attached to an aromatic ring is 1. The molecule has 0 aliphatic carbocycles. The topological polar surface area (TPSA) is 35.2 Å². The summed E-state index contributed by atoms with van der Waals surface area (Å²) in [5.74, 6) is 0. The first-order chi connectivity index (χ1) is 18.2. The smallest absolute Gasteiger partial charge is 0.251 e. The first-order valence-electron chi connectivity index (χ1n) is 13.0. The first-order valence-corrected chi connectivity index (χ1v) is 18.1. The van der Waals surface area contributed by atoms with Crippen LogP contribution in [0.25, 0.3) is 0 Å². The summed E-state index contributed by atoms with van der Waals surface area (Å²) in [6.07, 6.45) is 0.995. The molecule has 2 N–H and O–H groups in total. The van der Waals surface area contributed by atoms with Crippen LogP contribution in [-0.2, 0) is 4.43 Å². The van der Waals surface area contributed by atoms with Gasteiger partial charge < -0.3 is 10.2 Å². The number of hydrogen-bond acceptors (Lipinski definition) is 2. The van der Waals surface area contributed by atoms with Crippen LogP contribution in [0.3, 0.4) is 0 Å². The van der Waals surface area contributed by atoms with Crippen LogP contribution in [0.1, 0.15) is 18.1 Å². The van der Waals surface area contributed by atoms with Crippen LogP contribution in [0.15, 0.2) is 146 Å². The molecule has 0 radical (unpaired) electrons. The second-order valence-electron chi connectivity index (χ2n) is 9.86. The van der Waals surface area contributed by atoms with E-state index < -0.39 is 15.4 Å². The van der Waals surface area contributed by atoms with E-state index >= 15 is 0 Å². The van der Waals surface area contributed by atoms with Gasteiger partial charge in [0.05, 0.1) is 6.10 Å². The van der Waals surface area contributed by atoms with Crippen LogP contribution in [-0.4, -0.2) is 15.4 Å². The Morgan fingerprint density at radius 2 is 0.919 bits per heavy atom. The zero-order valence-corrected chi connectivity index (χ0v) is 22.8. The Morgan fingerprint density at radius 1 is 0.514 bits per heavy atom. The lowest BCUT2D eigenvalue weighted by atomic mass is 10.1. The Hall–Kier alpha value is -3.71. The van der Waals surface area contributed by atoms with Gasteiger partial charge in [0.15, 0.2) is 7.59 Å². The van der Waals surface area contributed by atoms with Gasteiger partial charge in [-0.05, 0) is 40.5 Å². The van der Waals surface area contributed by atoms with E-state index in [1.54, 1.807) is 0 Å². The normalized spacial score (nSPS) is 18.2. The molecule has 37 heavy (non-hydrogen) atoms. The summed E-state index contributed by atoms with van der Waals surface area (Å²) >= 11 is 0. The lowest BCUT2D eigenvalue weighted by Gasteiger charge is -2.53. The van der Waals surface area contributed by atoms with Crippen LogP contribution in [0, 0.1) is 0 Å². The second-order valence-corrected chi connectivity index (χ2v) is 20.8. The lowest BCUT2D eigenvalue weighted by Crippen LogP contribution is -2.88. The summed E-state index contributed by atoms with van der Waals surface area (Å²) in [6.45, 7) is 0. The van der Waals surface area contributed by atoms with Gasteiger partial charge in [0.25, 0.3) is 7.83 Å². The molecule has 1 fully saturated rings. The summed E-state index contributed by atoms with van der Waals surface area (Å²) in [5, 5.41) is 5.61. The first kappa shape index (κ1) is 23.7. The molecule has 5 aromatic rings. The maximum Gasteiger partial charge on any atom is 0.251 e. The summed E-state index contributed by atoms with van der Waals surface area (Å²) < 4.78 is 7.76. The molecule has 182 valence electrons. The third kappa shape index (κ3) is 3.98. The fourth-order valence-corrected chi connectivity index (χ4v) is 24.3. The van der Waals surface area contributed by atoms with Gasteiger partial charge in [-0.15, -0.1) is 0 Å². The Morgan fingerprint density at radius 3 is 1.35 bits per heavy atom. The van der Waals surface area contributed by atoms with Crippen molar-refractivity contribution < 1.29 is 4.43 Å². The number of anilines is 1. The molecular formula is C33H31NOSi2. The monoisotopic (exact) mass is 513 g/mol. The molecule has 1 aliphatic heterocycles. The number of rotatable bonds is 5. The van der Waals surface area contributed by atoms with Gasteiger partial charge in [-0.2, -0.15) is 0 Å². The Labute approximate surface area is 221 Å². The van der Waals surface area contributed by atoms with Crippen molar-refractivity contribution in [3.05, 3.63) is 151 Å². The van der Waals surface area contributed by atoms with Gasteiger partial charge in [0.2, 0.25) is 0 Å². The minimum atomic E-state index is -2.85. The predicted molar refractivity (Wildman–Crippen MR) is 160 cm³/mol. The molecule has 4 heteroatoms. The fourth-order valence-electron chi connectivity index (χ4n) is 6.29. The maximum absolute atomic E-state index is 7.76. The van der Waals surface area contributed by atoms with Crippen molar-refractivity contribution in [2.45, 2.75) is 18.6 Å². The number of nitrogens with two attached hydrogens (primary N) is 1. The summed E-state index contributed by atoms with van der Waals surface area (Å²) in [6, 6.07) is 54.1. The highest BCUT2D eigenvalue weighted by atomic mass is 29.3. The van der Waals surface area contributed by atoms with Crippen molar-refractivity contribution in [3.63, 3.8) is 0 Å². The highest BCUT2D eigenvalue weighted by Gasteiger charge is 2.64. The van der Waals surface area contributed by atoms with E-state index in [4.69, 9.17) is 10.2 Å². The Balaban J connectivity index is 1.70. The van der Waals surface area contributed by atoms with Crippen molar-refractivity contribution in [1.29, 1.82) is 0 Å². The molecule has 1 aliphatic rings. The SMILES string of the molecule is Nc1ccc(C2CC[Si](c3ccccc3)(c3ccccc3)[Si](c3ccccc3)(c3ccccc3)O2)cc1. The van der Waals surface area contributed by atoms with Crippen molar-refractivity contribution in [2.75, 3.05) is 5.73 Å². The van der Waals surface area contributed by atoms with Gasteiger partial charge in [0.1, 0.15) is 0 Å². The predicted octanol–water partition coefficient (Wildman–Crippen LogP) is 4.83. The van der Waals surface area contributed by atoms with Crippen molar-refractivity contribution >= 4 is 41.9 Å². The van der Waals surface area contributed by atoms with E-state index in [0.29, 0.717) is 0 Å². The maximum atomic E-state index is 7.76. The van der Waals surface area contributed by atoms with Crippen molar-refractivity contribution in [3.8, 4) is 0 Å². The van der Waals surface area contributed by atoms with Crippen LogP contribution in [0.4, 0.5) is 5.69 Å². The van der Waals surface area contributed by atoms with Gasteiger partial charge in [-0.1, -0.05) is 144 Å². The summed E-state index contributed by atoms with van der Waals surface area (Å²) in [4.78, 5) is 0. The average Bonchev–Trinajstić information content (AvgIpc) is 2.99. The number of benzene rings is 5. The molecule has 0 bridgehead atoms.